The highest BCUT2D eigenvalue weighted by Gasteiger charge is 2.00. The van der Waals surface area contributed by atoms with Crippen LogP contribution in [-0.4, -0.2) is 31.1 Å². The quantitative estimate of drug-likeness (QED) is 0.234. The van der Waals surface area contributed by atoms with Crippen LogP contribution in [0.1, 0.15) is 11.3 Å². The number of nitrogens with zero attached hydrogens (tertiary/aromatic N) is 1. The molecule has 1 aromatic heterocycles. The third kappa shape index (κ3) is 8.43. The van der Waals surface area contributed by atoms with Crippen molar-refractivity contribution in [2.75, 3.05) is 25.1 Å². The summed E-state index contributed by atoms with van der Waals surface area (Å²) in [5.74, 6) is 2.87. The number of aliphatic imine (C=N–C) groups is 1. The summed E-state index contributed by atoms with van der Waals surface area (Å²) in [6.45, 7) is 2.34. The fourth-order valence-corrected chi connectivity index (χ4v) is 2.54. The Morgan fingerprint density at radius 1 is 1.17 bits per heavy atom. The molecule has 2 rings (SSSR count). The second-order valence-corrected chi connectivity index (χ2v) is 6.87. The van der Waals surface area contributed by atoms with Gasteiger partial charge in [0, 0.05) is 29.7 Å². The van der Waals surface area contributed by atoms with Crippen molar-refractivity contribution in [2.24, 2.45) is 4.99 Å². The van der Waals surface area contributed by atoms with Crippen molar-refractivity contribution in [3.8, 4) is 0 Å². The zero-order valence-electron chi connectivity index (χ0n) is 13.6. The highest BCUT2D eigenvalue weighted by atomic mass is 127. The summed E-state index contributed by atoms with van der Waals surface area (Å²) in [7, 11) is 0. The van der Waals surface area contributed by atoms with Crippen molar-refractivity contribution in [3.05, 3.63) is 58.5 Å². The van der Waals surface area contributed by atoms with Gasteiger partial charge in [0.15, 0.2) is 5.96 Å². The molecule has 0 bridgehead atoms. The fraction of sp³-hybridized carbons (Fsp3) is 0.353. The predicted octanol–water partition coefficient (Wildman–Crippen LogP) is 4.30. The molecule has 0 atom stereocenters. The average molecular weight is 524 g/mol. The van der Waals surface area contributed by atoms with Crippen LogP contribution in [0.5, 0.6) is 0 Å². The second-order valence-electron chi connectivity index (χ2n) is 4.97. The van der Waals surface area contributed by atoms with Crippen LogP contribution in [0.2, 0.25) is 0 Å². The van der Waals surface area contributed by atoms with Crippen molar-refractivity contribution in [2.45, 2.75) is 13.0 Å². The van der Waals surface area contributed by atoms with E-state index in [9.17, 15) is 0 Å². The number of guanidine groups is 1. The molecule has 0 saturated heterocycles. The Balaban J connectivity index is 0.00000288. The molecule has 0 aliphatic carbocycles. The number of rotatable bonds is 8. The number of thioether (sulfide) groups is 1. The summed E-state index contributed by atoms with van der Waals surface area (Å²) in [6.07, 6.45) is 4.65. The summed E-state index contributed by atoms with van der Waals surface area (Å²) in [4.78, 5) is 4.65. The van der Waals surface area contributed by atoms with Gasteiger partial charge in [-0.1, -0.05) is 28.1 Å². The van der Waals surface area contributed by atoms with Gasteiger partial charge in [0.25, 0.3) is 0 Å². The highest BCUT2D eigenvalue weighted by Crippen LogP contribution is 2.11. The molecule has 0 aliphatic rings. The largest absolute Gasteiger partial charge is 0.469 e. The lowest BCUT2D eigenvalue weighted by atomic mass is 10.2. The van der Waals surface area contributed by atoms with Crippen LogP contribution in [0.3, 0.4) is 0 Å². The molecule has 1 aromatic carbocycles. The maximum Gasteiger partial charge on any atom is 0.191 e. The number of halogens is 2. The molecule has 1 heterocycles. The Kier molecular flexibility index (Phi) is 11.3. The highest BCUT2D eigenvalue weighted by molar-refractivity contribution is 14.0. The monoisotopic (exact) mass is 523 g/mol. The van der Waals surface area contributed by atoms with E-state index in [2.05, 4.69) is 49.9 Å². The first-order valence-electron chi connectivity index (χ1n) is 7.56. The summed E-state index contributed by atoms with van der Waals surface area (Å²) in [6, 6.07) is 12.1. The molecule has 2 N–H and O–H groups in total. The maximum absolute atomic E-state index is 5.35. The number of hydrogen-bond donors (Lipinski definition) is 2. The number of furan rings is 1. The van der Waals surface area contributed by atoms with Crippen molar-refractivity contribution >= 4 is 57.6 Å². The van der Waals surface area contributed by atoms with Crippen molar-refractivity contribution in [1.29, 1.82) is 0 Å². The molecule has 4 nitrogen and oxygen atoms in total. The fourth-order valence-electron chi connectivity index (χ4n) is 1.96. The summed E-state index contributed by atoms with van der Waals surface area (Å²) < 4.78 is 6.43. The molecule has 0 amide bonds. The lowest BCUT2D eigenvalue weighted by molar-refractivity contribution is 0.507. The number of benzene rings is 1. The molecule has 0 saturated carbocycles. The standard InChI is InChI=1S/C17H22BrN3OS.HI/c1-23-12-10-20-17(19-9-8-16-3-2-11-22-16)21-13-14-4-6-15(18)7-5-14;/h2-7,11H,8-10,12-13H2,1H3,(H2,19,20,21);1H. The van der Waals surface area contributed by atoms with E-state index in [1.807, 2.05) is 36.0 Å². The topological polar surface area (TPSA) is 49.6 Å². The van der Waals surface area contributed by atoms with E-state index >= 15 is 0 Å². The van der Waals surface area contributed by atoms with Crippen molar-refractivity contribution in [1.82, 2.24) is 10.6 Å². The van der Waals surface area contributed by atoms with Crippen LogP contribution in [0.4, 0.5) is 0 Å². The van der Waals surface area contributed by atoms with Gasteiger partial charge in [0.1, 0.15) is 5.76 Å². The molecule has 24 heavy (non-hydrogen) atoms. The minimum Gasteiger partial charge on any atom is -0.469 e. The van der Waals surface area contributed by atoms with E-state index < -0.39 is 0 Å². The summed E-state index contributed by atoms with van der Waals surface area (Å²) in [5.41, 5.74) is 1.19. The Morgan fingerprint density at radius 3 is 2.58 bits per heavy atom. The van der Waals surface area contributed by atoms with Crippen molar-refractivity contribution < 1.29 is 4.42 Å². The van der Waals surface area contributed by atoms with Crippen molar-refractivity contribution in [3.63, 3.8) is 0 Å². The van der Waals surface area contributed by atoms with Crippen LogP contribution in [0, 0.1) is 0 Å². The van der Waals surface area contributed by atoms with Crippen LogP contribution in [0.15, 0.2) is 56.5 Å². The minimum atomic E-state index is 0. The second kappa shape index (κ2) is 12.7. The third-order valence-electron chi connectivity index (χ3n) is 3.18. The van der Waals surface area contributed by atoms with Crippen LogP contribution >= 0.6 is 51.7 Å². The predicted molar refractivity (Wildman–Crippen MR) is 117 cm³/mol. The number of nitrogens with one attached hydrogen (secondary N) is 2. The zero-order valence-corrected chi connectivity index (χ0v) is 18.4. The first-order chi connectivity index (χ1) is 11.3. The SMILES string of the molecule is CSCCNC(=NCc1ccc(Br)cc1)NCCc1ccco1.I. The normalized spacial score (nSPS) is 11.0. The van der Waals surface area contributed by atoms with E-state index in [-0.39, 0.29) is 24.0 Å². The van der Waals surface area contributed by atoms with Gasteiger partial charge in [0.05, 0.1) is 12.8 Å². The van der Waals surface area contributed by atoms with Gasteiger partial charge in [-0.2, -0.15) is 11.8 Å². The Hall–Kier alpha value is -0.670. The molecule has 0 spiro atoms. The average Bonchev–Trinajstić information content (AvgIpc) is 3.07. The van der Waals surface area contributed by atoms with Crippen LogP contribution in [-0.2, 0) is 13.0 Å². The summed E-state index contributed by atoms with van der Waals surface area (Å²) in [5, 5.41) is 6.72. The van der Waals surface area contributed by atoms with E-state index in [4.69, 9.17) is 4.42 Å². The van der Waals surface area contributed by atoms with Gasteiger partial charge in [0.2, 0.25) is 0 Å². The van der Waals surface area contributed by atoms with E-state index in [0.717, 1.165) is 41.5 Å². The Labute approximate surface area is 173 Å². The molecule has 0 aliphatic heterocycles. The number of hydrogen-bond acceptors (Lipinski definition) is 3. The van der Waals surface area contributed by atoms with Gasteiger partial charge >= 0.3 is 0 Å². The van der Waals surface area contributed by atoms with Gasteiger partial charge < -0.3 is 15.1 Å². The minimum absolute atomic E-state index is 0. The van der Waals surface area contributed by atoms with Crippen LogP contribution in [0.25, 0.3) is 0 Å². The Bertz CT molecular complexity index is 590. The van der Waals surface area contributed by atoms with Crippen LogP contribution < -0.4 is 10.6 Å². The molecule has 7 heteroatoms. The molecule has 2 aromatic rings. The molecular weight excluding hydrogens is 501 g/mol. The Morgan fingerprint density at radius 2 is 1.92 bits per heavy atom. The lowest BCUT2D eigenvalue weighted by Gasteiger charge is -2.12. The van der Waals surface area contributed by atoms with E-state index in [0.29, 0.717) is 6.54 Å². The van der Waals surface area contributed by atoms with Gasteiger partial charge in [-0.15, -0.1) is 24.0 Å². The third-order valence-corrected chi connectivity index (χ3v) is 4.32. The molecule has 0 radical (unpaired) electrons. The molecule has 0 unspecified atom stereocenters. The molecular formula is C17H23BrIN3OS. The molecule has 0 fully saturated rings. The van der Waals surface area contributed by atoms with Gasteiger partial charge in [-0.25, -0.2) is 4.99 Å². The van der Waals surface area contributed by atoms with Gasteiger partial charge in [-0.3, -0.25) is 0 Å². The smallest absolute Gasteiger partial charge is 0.191 e. The zero-order chi connectivity index (χ0) is 16.3. The van der Waals surface area contributed by atoms with Gasteiger partial charge in [-0.05, 0) is 36.1 Å². The maximum atomic E-state index is 5.35. The summed E-state index contributed by atoms with van der Waals surface area (Å²) >= 11 is 5.27. The lowest BCUT2D eigenvalue weighted by Crippen LogP contribution is -2.39. The van der Waals surface area contributed by atoms with E-state index in [1.165, 1.54) is 5.56 Å². The first-order valence-corrected chi connectivity index (χ1v) is 9.74. The van der Waals surface area contributed by atoms with E-state index in [1.54, 1.807) is 6.26 Å². The first kappa shape index (κ1) is 21.4. The molecule has 132 valence electrons.